The van der Waals surface area contributed by atoms with E-state index in [0.29, 0.717) is 18.6 Å². The maximum absolute atomic E-state index is 14.0. The number of nitrogens with zero attached hydrogens (tertiary/aromatic N) is 2. The smallest absolute Gasteiger partial charge is 0.264 e. The number of halogens is 1. The number of rotatable bonds is 12. The molecule has 8 nitrogen and oxygen atoms in total. The number of hydrogen-bond donors (Lipinski definition) is 1. The van der Waals surface area contributed by atoms with Gasteiger partial charge in [0.2, 0.25) is 11.8 Å². The van der Waals surface area contributed by atoms with Gasteiger partial charge in [-0.15, -0.1) is 0 Å². The Bertz CT molecular complexity index is 1410. The van der Waals surface area contributed by atoms with E-state index in [-0.39, 0.29) is 23.0 Å². The predicted molar refractivity (Wildman–Crippen MR) is 158 cm³/mol. The van der Waals surface area contributed by atoms with Gasteiger partial charge in [0, 0.05) is 12.1 Å². The van der Waals surface area contributed by atoms with Crippen molar-refractivity contribution in [2.24, 2.45) is 0 Å². The topological polar surface area (TPSA) is 96.0 Å². The molecule has 3 rings (SSSR count). The first-order valence-corrected chi connectivity index (χ1v) is 14.9. The van der Waals surface area contributed by atoms with Crippen LogP contribution >= 0.6 is 0 Å². The largest absolute Gasteiger partial charge is 0.497 e. The molecular formula is C31H38FN3O5S. The standard InChI is InChI=1S/C31H38FN3O5S/c1-6-28(30(37)33-31(2,3)4)34(21-20-23-10-8-7-9-11-23)29(36)22-35(25-14-12-24(32)13-15-25)41(38,39)27-18-16-26(40-5)17-19-27/h7-19,28H,6,20-22H2,1-5H3,(H,33,37)/t28-/m1/s1. The maximum atomic E-state index is 14.0. The predicted octanol–water partition coefficient (Wildman–Crippen LogP) is 4.79. The second kappa shape index (κ2) is 13.6. The molecule has 0 unspecified atom stereocenters. The summed E-state index contributed by atoms with van der Waals surface area (Å²) >= 11 is 0. The van der Waals surface area contributed by atoms with Crippen molar-refractivity contribution in [3.8, 4) is 5.75 Å². The van der Waals surface area contributed by atoms with E-state index in [2.05, 4.69) is 5.32 Å². The van der Waals surface area contributed by atoms with Crippen LogP contribution in [-0.2, 0) is 26.0 Å². The summed E-state index contributed by atoms with van der Waals surface area (Å²) in [6.45, 7) is 6.97. The zero-order chi connectivity index (χ0) is 30.2. The van der Waals surface area contributed by atoms with Gasteiger partial charge >= 0.3 is 0 Å². The van der Waals surface area contributed by atoms with Gasteiger partial charge in [0.15, 0.2) is 0 Å². The van der Waals surface area contributed by atoms with Crippen LogP contribution < -0.4 is 14.4 Å². The highest BCUT2D eigenvalue weighted by Gasteiger charge is 2.34. The summed E-state index contributed by atoms with van der Waals surface area (Å²) in [5.41, 5.74) is 0.555. The third-order valence-electron chi connectivity index (χ3n) is 6.41. The quantitative estimate of drug-likeness (QED) is 0.331. The Morgan fingerprint density at radius 3 is 2.10 bits per heavy atom. The Labute approximate surface area is 242 Å². The van der Waals surface area contributed by atoms with E-state index in [1.54, 1.807) is 0 Å². The minimum atomic E-state index is -4.26. The van der Waals surface area contributed by atoms with Crippen LogP contribution in [0.4, 0.5) is 10.1 Å². The summed E-state index contributed by atoms with van der Waals surface area (Å²) < 4.78 is 47.6. The molecule has 3 aromatic rings. The van der Waals surface area contributed by atoms with Crippen LogP contribution in [0, 0.1) is 5.82 Å². The van der Waals surface area contributed by atoms with Crippen molar-refractivity contribution < 1.29 is 27.1 Å². The van der Waals surface area contributed by atoms with E-state index in [1.807, 2.05) is 58.0 Å². The molecule has 0 aliphatic carbocycles. The van der Waals surface area contributed by atoms with E-state index in [9.17, 15) is 22.4 Å². The molecule has 0 bridgehead atoms. The van der Waals surface area contributed by atoms with Crippen molar-refractivity contribution in [2.45, 2.75) is 57.0 Å². The summed E-state index contributed by atoms with van der Waals surface area (Å²) in [6, 6.07) is 19.4. The lowest BCUT2D eigenvalue weighted by molar-refractivity contribution is -0.140. The Morgan fingerprint density at radius 1 is 0.951 bits per heavy atom. The molecule has 0 fully saturated rings. The van der Waals surface area contributed by atoms with Crippen LogP contribution in [0.5, 0.6) is 5.75 Å². The molecule has 41 heavy (non-hydrogen) atoms. The Balaban J connectivity index is 2.01. The van der Waals surface area contributed by atoms with Gasteiger partial charge in [-0.05, 0) is 87.7 Å². The lowest BCUT2D eigenvalue weighted by Crippen LogP contribution is -2.56. The number of amides is 2. The van der Waals surface area contributed by atoms with E-state index in [4.69, 9.17) is 4.74 Å². The molecule has 1 N–H and O–H groups in total. The Kier molecular flexibility index (Phi) is 10.5. The lowest BCUT2D eigenvalue weighted by Gasteiger charge is -2.34. The zero-order valence-electron chi connectivity index (χ0n) is 24.1. The van der Waals surface area contributed by atoms with Crippen LogP contribution in [0.25, 0.3) is 0 Å². The Morgan fingerprint density at radius 2 is 1.56 bits per heavy atom. The molecular weight excluding hydrogens is 545 g/mol. The highest BCUT2D eigenvalue weighted by molar-refractivity contribution is 7.92. The highest BCUT2D eigenvalue weighted by atomic mass is 32.2. The average Bonchev–Trinajstić information content (AvgIpc) is 2.94. The molecule has 10 heteroatoms. The third-order valence-corrected chi connectivity index (χ3v) is 8.20. The van der Waals surface area contributed by atoms with E-state index in [1.165, 1.54) is 48.4 Å². The molecule has 220 valence electrons. The first kappa shape index (κ1) is 31.6. The number of sulfonamides is 1. The van der Waals surface area contributed by atoms with Crippen molar-refractivity contribution in [3.05, 3.63) is 90.2 Å². The molecule has 1 atom stereocenters. The first-order valence-electron chi connectivity index (χ1n) is 13.4. The number of methoxy groups -OCH3 is 1. The van der Waals surface area contributed by atoms with Gasteiger partial charge in [-0.1, -0.05) is 37.3 Å². The highest BCUT2D eigenvalue weighted by Crippen LogP contribution is 2.26. The van der Waals surface area contributed by atoms with Crippen molar-refractivity contribution in [1.29, 1.82) is 0 Å². The zero-order valence-corrected chi connectivity index (χ0v) is 24.9. The van der Waals surface area contributed by atoms with E-state index in [0.717, 1.165) is 22.0 Å². The monoisotopic (exact) mass is 583 g/mol. The molecule has 0 saturated heterocycles. The summed E-state index contributed by atoms with van der Waals surface area (Å²) in [6.07, 6.45) is 0.790. The maximum Gasteiger partial charge on any atom is 0.264 e. The van der Waals surface area contributed by atoms with Gasteiger partial charge in [0.05, 0.1) is 17.7 Å². The van der Waals surface area contributed by atoms with E-state index < -0.39 is 39.9 Å². The fourth-order valence-electron chi connectivity index (χ4n) is 4.36. The molecule has 0 aliphatic rings. The number of ether oxygens (including phenoxy) is 1. The second-order valence-corrected chi connectivity index (χ2v) is 12.5. The van der Waals surface area contributed by atoms with Gasteiger partial charge in [-0.3, -0.25) is 13.9 Å². The summed E-state index contributed by atoms with van der Waals surface area (Å²) in [5, 5.41) is 2.94. The SMILES string of the molecule is CC[C@H](C(=O)NC(C)(C)C)N(CCc1ccccc1)C(=O)CN(c1ccc(F)cc1)S(=O)(=O)c1ccc(OC)cc1. The van der Waals surface area contributed by atoms with Crippen molar-refractivity contribution >= 4 is 27.5 Å². The number of anilines is 1. The fraction of sp³-hybridized carbons (Fsp3) is 0.355. The van der Waals surface area contributed by atoms with Crippen LogP contribution in [0.15, 0.2) is 83.8 Å². The van der Waals surface area contributed by atoms with Crippen LogP contribution in [0.3, 0.4) is 0 Å². The number of carbonyl (C=O) groups is 2. The van der Waals surface area contributed by atoms with Crippen molar-refractivity contribution in [2.75, 3.05) is 24.5 Å². The normalized spacial score (nSPS) is 12.3. The molecule has 0 heterocycles. The van der Waals surface area contributed by atoms with Crippen LogP contribution in [0.1, 0.15) is 39.7 Å². The minimum absolute atomic E-state index is 0.0659. The fourth-order valence-corrected chi connectivity index (χ4v) is 5.77. The van der Waals surface area contributed by atoms with Gasteiger partial charge < -0.3 is 15.0 Å². The average molecular weight is 584 g/mol. The molecule has 0 saturated carbocycles. The number of hydrogen-bond acceptors (Lipinski definition) is 5. The summed E-state index contributed by atoms with van der Waals surface area (Å²) in [7, 11) is -2.79. The molecule has 2 amide bonds. The number of benzene rings is 3. The molecule has 0 aliphatic heterocycles. The molecule has 0 aromatic heterocycles. The number of nitrogens with one attached hydrogen (secondary N) is 1. The number of carbonyl (C=O) groups excluding carboxylic acids is 2. The lowest BCUT2D eigenvalue weighted by atomic mass is 10.1. The van der Waals surface area contributed by atoms with Gasteiger partial charge in [-0.2, -0.15) is 0 Å². The van der Waals surface area contributed by atoms with Gasteiger partial charge in [0.1, 0.15) is 24.2 Å². The summed E-state index contributed by atoms with van der Waals surface area (Å²) in [4.78, 5) is 28.7. The van der Waals surface area contributed by atoms with Gasteiger partial charge in [-0.25, -0.2) is 12.8 Å². The third kappa shape index (κ3) is 8.53. The molecule has 3 aromatic carbocycles. The minimum Gasteiger partial charge on any atom is -0.497 e. The van der Waals surface area contributed by atoms with Crippen molar-refractivity contribution in [1.82, 2.24) is 10.2 Å². The summed E-state index contributed by atoms with van der Waals surface area (Å²) in [5.74, 6) is -0.960. The van der Waals surface area contributed by atoms with E-state index >= 15 is 0 Å². The van der Waals surface area contributed by atoms with Crippen LogP contribution in [-0.4, -0.2) is 56.9 Å². The van der Waals surface area contributed by atoms with Crippen molar-refractivity contribution in [3.63, 3.8) is 0 Å². The Hall–Kier alpha value is -3.92. The molecule has 0 radical (unpaired) electrons. The molecule has 0 spiro atoms. The first-order chi connectivity index (χ1) is 19.4. The van der Waals surface area contributed by atoms with Gasteiger partial charge in [0.25, 0.3) is 10.0 Å². The van der Waals surface area contributed by atoms with Crippen LogP contribution in [0.2, 0.25) is 0 Å². The second-order valence-electron chi connectivity index (χ2n) is 10.6.